The van der Waals surface area contributed by atoms with Gasteiger partial charge in [-0.05, 0) is 48.6 Å². The van der Waals surface area contributed by atoms with Crippen LogP contribution in [0, 0.1) is 5.82 Å². The third kappa shape index (κ3) is 3.78. The van der Waals surface area contributed by atoms with Gasteiger partial charge in [-0.3, -0.25) is 14.6 Å². The summed E-state index contributed by atoms with van der Waals surface area (Å²) in [5.74, 6) is -1.42. The Balaban J connectivity index is 1.84. The molecule has 1 aliphatic heterocycles. The van der Waals surface area contributed by atoms with E-state index in [0.29, 0.717) is 18.5 Å². The van der Waals surface area contributed by atoms with E-state index < -0.39 is 17.2 Å². The highest BCUT2D eigenvalue weighted by Crippen LogP contribution is 2.27. The highest BCUT2D eigenvalue weighted by molar-refractivity contribution is 6.01. The molecular formula is C22H22FN3O4. The molecule has 1 unspecified atom stereocenters. The Labute approximate surface area is 172 Å². The summed E-state index contributed by atoms with van der Waals surface area (Å²) in [6.07, 6.45) is 3.64. The maximum Gasteiger partial charge on any atom is 0.267 e. The van der Waals surface area contributed by atoms with Crippen molar-refractivity contribution in [3.05, 3.63) is 69.4 Å². The number of hydrogen-bond acceptors (Lipinski definition) is 5. The molecule has 1 aliphatic rings. The maximum atomic E-state index is 13.2. The van der Waals surface area contributed by atoms with Gasteiger partial charge in [0.15, 0.2) is 5.75 Å². The van der Waals surface area contributed by atoms with E-state index in [1.807, 2.05) is 0 Å². The lowest BCUT2D eigenvalue weighted by Crippen LogP contribution is -2.34. The molecule has 3 aromatic rings. The fourth-order valence-electron chi connectivity index (χ4n) is 3.78. The van der Waals surface area contributed by atoms with Crippen molar-refractivity contribution in [2.75, 3.05) is 13.7 Å². The van der Waals surface area contributed by atoms with Gasteiger partial charge < -0.3 is 19.7 Å². The van der Waals surface area contributed by atoms with Crippen molar-refractivity contribution >= 4 is 16.9 Å². The van der Waals surface area contributed by atoms with Crippen LogP contribution in [0.4, 0.5) is 4.39 Å². The number of nitrogens with zero attached hydrogens (tertiary/aromatic N) is 2. The number of halogens is 1. The summed E-state index contributed by atoms with van der Waals surface area (Å²) >= 11 is 0. The lowest BCUT2D eigenvalue weighted by Gasteiger charge is -2.17. The van der Waals surface area contributed by atoms with Crippen LogP contribution in [0.15, 0.2) is 41.3 Å². The van der Waals surface area contributed by atoms with Gasteiger partial charge in [0.2, 0.25) is 0 Å². The summed E-state index contributed by atoms with van der Waals surface area (Å²) in [5.41, 5.74) is 1.37. The molecular weight excluding hydrogens is 389 g/mol. The van der Waals surface area contributed by atoms with E-state index in [1.54, 1.807) is 24.4 Å². The van der Waals surface area contributed by atoms with Crippen molar-refractivity contribution in [1.29, 1.82) is 0 Å². The minimum Gasteiger partial charge on any atom is -0.505 e. The average Bonchev–Trinajstić information content (AvgIpc) is 3.26. The second-order valence-electron chi connectivity index (χ2n) is 7.37. The zero-order valence-corrected chi connectivity index (χ0v) is 16.5. The SMILES string of the molecule is CNC(=O)c1c(O)c2ncc(Cc3ccc(F)cc3)cc2n(CC2CCCO2)c1=O. The lowest BCUT2D eigenvalue weighted by molar-refractivity contribution is 0.0939. The fraction of sp³-hybridized carbons (Fsp3) is 0.318. The van der Waals surface area contributed by atoms with E-state index in [2.05, 4.69) is 10.3 Å². The number of carbonyl (C=O) groups excluding carboxylic acids is 1. The van der Waals surface area contributed by atoms with Gasteiger partial charge in [-0.2, -0.15) is 0 Å². The molecule has 2 N–H and O–H groups in total. The molecule has 4 rings (SSSR count). The molecule has 8 heteroatoms. The number of carbonyl (C=O) groups is 1. The van der Waals surface area contributed by atoms with Crippen LogP contribution in [-0.2, 0) is 17.7 Å². The largest absolute Gasteiger partial charge is 0.505 e. The number of benzene rings is 1. The van der Waals surface area contributed by atoms with Crippen molar-refractivity contribution in [2.24, 2.45) is 0 Å². The van der Waals surface area contributed by atoms with Crippen LogP contribution >= 0.6 is 0 Å². The van der Waals surface area contributed by atoms with Gasteiger partial charge in [-0.15, -0.1) is 0 Å². The molecule has 1 fully saturated rings. The third-order valence-corrected chi connectivity index (χ3v) is 5.32. The normalized spacial score (nSPS) is 16.1. The second-order valence-corrected chi connectivity index (χ2v) is 7.37. The first-order valence-corrected chi connectivity index (χ1v) is 9.80. The first-order chi connectivity index (χ1) is 14.5. The first kappa shape index (κ1) is 20.0. The Morgan fingerprint density at radius 3 is 2.77 bits per heavy atom. The molecule has 0 spiro atoms. The van der Waals surface area contributed by atoms with Crippen molar-refractivity contribution in [1.82, 2.24) is 14.9 Å². The maximum absolute atomic E-state index is 13.2. The summed E-state index contributed by atoms with van der Waals surface area (Å²) in [5, 5.41) is 13.0. The molecule has 0 saturated carbocycles. The summed E-state index contributed by atoms with van der Waals surface area (Å²) in [4.78, 5) is 29.7. The minimum atomic E-state index is -0.669. The molecule has 3 heterocycles. The summed E-state index contributed by atoms with van der Waals surface area (Å²) in [6, 6.07) is 7.92. The van der Waals surface area contributed by atoms with Gasteiger partial charge in [0.05, 0.1) is 18.2 Å². The number of ether oxygens (including phenoxy) is 1. The Kier molecular flexibility index (Phi) is 5.50. The van der Waals surface area contributed by atoms with Gasteiger partial charge in [0, 0.05) is 19.9 Å². The smallest absolute Gasteiger partial charge is 0.267 e. The molecule has 0 bridgehead atoms. The lowest BCUT2D eigenvalue weighted by atomic mass is 10.0. The van der Waals surface area contributed by atoms with Crippen LogP contribution < -0.4 is 10.9 Å². The third-order valence-electron chi connectivity index (χ3n) is 5.32. The monoisotopic (exact) mass is 411 g/mol. The van der Waals surface area contributed by atoms with Gasteiger partial charge >= 0.3 is 0 Å². The van der Waals surface area contributed by atoms with E-state index in [4.69, 9.17) is 4.74 Å². The van der Waals surface area contributed by atoms with Crippen LogP contribution in [0.1, 0.15) is 34.3 Å². The summed E-state index contributed by atoms with van der Waals surface area (Å²) < 4.78 is 20.3. The van der Waals surface area contributed by atoms with Crippen LogP contribution in [0.2, 0.25) is 0 Å². The van der Waals surface area contributed by atoms with Crippen LogP contribution in [0.3, 0.4) is 0 Å². The Bertz CT molecular complexity index is 1150. The predicted molar refractivity (Wildman–Crippen MR) is 109 cm³/mol. The molecule has 1 atom stereocenters. The fourth-order valence-corrected chi connectivity index (χ4v) is 3.78. The molecule has 1 aromatic carbocycles. The predicted octanol–water partition coefficient (Wildman–Crippen LogP) is 2.37. The second kappa shape index (κ2) is 8.23. The molecule has 7 nitrogen and oxygen atoms in total. The van der Waals surface area contributed by atoms with E-state index in [-0.39, 0.29) is 29.5 Å². The average molecular weight is 411 g/mol. The molecule has 2 aromatic heterocycles. The Morgan fingerprint density at radius 2 is 2.10 bits per heavy atom. The van der Waals surface area contributed by atoms with Crippen LogP contribution in [0.5, 0.6) is 5.75 Å². The Hall–Kier alpha value is -3.26. The highest BCUT2D eigenvalue weighted by atomic mass is 19.1. The topological polar surface area (TPSA) is 93.5 Å². The quantitative estimate of drug-likeness (QED) is 0.672. The highest BCUT2D eigenvalue weighted by Gasteiger charge is 2.25. The van der Waals surface area contributed by atoms with Crippen molar-refractivity contribution in [2.45, 2.75) is 31.9 Å². The van der Waals surface area contributed by atoms with E-state index in [1.165, 1.54) is 23.7 Å². The van der Waals surface area contributed by atoms with E-state index in [0.717, 1.165) is 24.0 Å². The zero-order chi connectivity index (χ0) is 21.3. The van der Waals surface area contributed by atoms with Crippen molar-refractivity contribution in [3.8, 4) is 5.75 Å². The number of aromatic nitrogens is 2. The van der Waals surface area contributed by atoms with Crippen LogP contribution in [-0.4, -0.2) is 40.3 Å². The van der Waals surface area contributed by atoms with Gasteiger partial charge in [-0.25, -0.2) is 4.39 Å². The molecule has 1 saturated heterocycles. The number of rotatable bonds is 5. The van der Waals surface area contributed by atoms with Crippen molar-refractivity contribution in [3.63, 3.8) is 0 Å². The Morgan fingerprint density at radius 1 is 1.33 bits per heavy atom. The number of nitrogens with one attached hydrogen (secondary N) is 1. The van der Waals surface area contributed by atoms with Gasteiger partial charge in [0.25, 0.3) is 11.5 Å². The molecule has 0 aliphatic carbocycles. The van der Waals surface area contributed by atoms with Gasteiger partial charge in [-0.1, -0.05) is 12.1 Å². The van der Waals surface area contributed by atoms with Gasteiger partial charge in [0.1, 0.15) is 16.9 Å². The standard InChI is InChI=1S/C22H22FN3O4/c1-24-21(28)18-20(27)19-17(26(22(18)29)12-16-3-2-8-30-16)10-14(11-25-19)9-13-4-6-15(23)7-5-13/h4-7,10-11,16,27H,2-3,8-9,12H2,1H3,(H,24,28). The first-order valence-electron chi connectivity index (χ1n) is 9.80. The summed E-state index contributed by atoms with van der Waals surface area (Å²) in [6.45, 7) is 0.896. The molecule has 30 heavy (non-hydrogen) atoms. The number of fused-ring (bicyclic) bond motifs is 1. The van der Waals surface area contributed by atoms with E-state index in [9.17, 15) is 19.1 Å². The number of pyridine rings is 2. The number of aromatic hydroxyl groups is 1. The van der Waals surface area contributed by atoms with E-state index >= 15 is 0 Å². The molecule has 1 amide bonds. The minimum absolute atomic E-state index is 0.145. The molecule has 0 radical (unpaired) electrons. The van der Waals surface area contributed by atoms with Crippen LogP contribution in [0.25, 0.3) is 11.0 Å². The zero-order valence-electron chi connectivity index (χ0n) is 16.5. The number of amides is 1. The molecule has 156 valence electrons. The number of hydrogen-bond donors (Lipinski definition) is 2. The summed E-state index contributed by atoms with van der Waals surface area (Å²) in [7, 11) is 1.40. The van der Waals surface area contributed by atoms with Crippen molar-refractivity contribution < 1.29 is 19.0 Å².